The van der Waals surface area contributed by atoms with Crippen LogP contribution in [0.15, 0.2) is 6.20 Å². The van der Waals surface area contributed by atoms with Crippen molar-refractivity contribution in [3.8, 4) is 0 Å². The molecule has 2 rings (SSSR count). The number of aromatic nitrogens is 2. The van der Waals surface area contributed by atoms with Gasteiger partial charge in [-0.3, -0.25) is 4.68 Å². The highest BCUT2D eigenvalue weighted by atomic mass is 35.5. The second kappa shape index (κ2) is 6.43. The highest BCUT2D eigenvalue weighted by Gasteiger charge is 2.42. The quantitative estimate of drug-likeness (QED) is 0.906. The van der Waals surface area contributed by atoms with Crippen LogP contribution in [0, 0.1) is 11.8 Å². The molecule has 1 fully saturated rings. The fourth-order valence-electron chi connectivity index (χ4n) is 3.15. The van der Waals surface area contributed by atoms with Gasteiger partial charge in [-0.2, -0.15) is 5.10 Å². The van der Waals surface area contributed by atoms with Crippen LogP contribution in [-0.4, -0.2) is 35.7 Å². The molecule has 1 saturated heterocycles. The van der Waals surface area contributed by atoms with E-state index in [1.807, 2.05) is 4.68 Å². The predicted molar refractivity (Wildman–Crippen MR) is 78.7 cm³/mol. The molecule has 5 unspecified atom stereocenters. The van der Waals surface area contributed by atoms with E-state index in [4.69, 9.17) is 26.8 Å². The van der Waals surface area contributed by atoms with Crippen molar-refractivity contribution < 1.29 is 9.47 Å². The lowest BCUT2D eigenvalue weighted by Gasteiger charge is -2.26. The van der Waals surface area contributed by atoms with E-state index < -0.39 is 0 Å². The van der Waals surface area contributed by atoms with Crippen molar-refractivity contribution in [3.63, 3.8) is 0 Å². The first kappa shape index (κ1) is 15.8. The Morgan fingerprint density at radius 3 is 2.70 bits per heavy atom. The van der Waals surface area contributed by atoms with Crippen molar-refractivity contribution in [1.82, 2.24) is 9.78 Å². The zero-order valence-corrected chi connectivity index (χ0v) is 13.3. The standard InChI is InChI=1S/C14H24ClN3O2/c1-8-9(2)20-10(3)12(8)13(16)14-11(15)7-17-18(14)5-6-19-4/h7-10,12-13H,5-6,16H2,1-4H3. The van der Waals surface area contributed by atoms with E-state index in [9.17, 15) is 0 Å². The molecular formula is C14H24ClN3O2. The smallest absolute Gasteiger partial charge is 0.0834 e. The predicted octanol–water partition coefficient (Wildman–Crippen LogP) is 2.24. The van der Waals surface area contributed by atoms with E-state index in [0.717, 1.165) is 5.69 Å². The summed E-state index contributed by atoms with van der Waals surface area (Å²) in [5, 5.41) is 4.92. The fourth-order valence-corrected chi connectivity index (χ4v) is 3.42. The average Bonchev–Trinajstić information content (AvgIpc) is 2.88. The number of rotatable bonds is 5. The Morgan fingerprint density at radius 1 is 1.45 bits per heavy atom. The molecule has 5 nitrogen and oxygen atoms in total. The van der Waals surface area contributed by atoms with Gasteiger partial charge in [-0.05, 0) is 19.8 Å². The fraction of sp³-hybridized carbons (Fsp3) is 0.786. The molecule has 0 aromatic carbocycles. The Bertz CT molecular complexity index is 452. The topological polar surface area (TPSA) is 62.3 Å². The maximum Gasteiger partial charge on any atom is 0.0834 e. The average molecular weight is 302 g/mol. The molecule has 2 heterocycles. The molecule has 1 aromatic heterocycles. The summed E-state index contributed by atoms with van der Waals surface area (Å²) >= 11 is 6.28. The van der Waals surface area contributed by atoms with E-state index in [-0.39, 0.29) is 24.2 Å². The Balaban J connectivity index is 2.24. The molecule has 0 bridgehead atoms. The van der Waals surface area contributed by atoms with E-state index in [2.05, 4.69) is 25.9 Å². The van der Waals surface area contributed by atoms with Crippen LogP contribution in [0.1, 0.15) is 32.5 Å². The number of nitrogens with zero attached hydrogens (tertiary/aromatic N) is 2. The summed E-state index contributed by atoms with van der Waals surface area (Å²) in [4.78, 5) is 0. The third-order valence-electron chi connectivity index (χ3n) is 4.39. The van der Waals surface area contributed by atoms with Gasteiger partial charge >= 0.3 is 0 Å². The lowest BCUT2D eigenvalue weighted by atomic mass is 9.82. The second-order valence-corrected chi connectivity index (χ2v) is 6.01. The third kappa shape index (κ3) is 2.86. The van der Waals surface area contributed by atoms with Crippen LogP contribution in [0.4, 0.5) is 0 Å². The van der Waals surface area contributed by atoms with Crippen molar-refractivity contribution >= 4 is 11.6 Å². The Labute approximate surface area is 125 Å². The molecular weight excluding hydrogens is 278 g/mol. The third-order valence-corrected chi connectivity index (χ3v) is 4.68. The second-order valence-electron chi connectivity index (χ2n) is 5.60. The van der Waals surface area contributed by atoms with Crippen LogP contribution >= 0.6 is 11.6 Å². The van der Waals surface area contributed by atoms with E-state index >= 15 is 0 Å². The molecule has 0 amide bonds. The summed E-state index contributed by atoms with van der Waals surface area (Å²) in [5.41, 5.74) is 7.37. The van der Waals surface area contributed by atoms with Crippen molar-refractivity contribution in [2.75, 3.05) is 13.7 Å². The number of hydrogen-bond donors (Lipinski definition) is 1. The van der Waals surface area contributed by atoms with Crippen LogP contribution < -0.4 is 5.73 Å². The van der Waals surface area contributed by atoms with Gasteiger partial charge in [-0.25, -0.2) is 0 Å². The minimum absolute atomic E-state index is 0.122. The van der Waals surface area contributed by atoms with Gasteiger partial charge in [0.25, 0.3) is 0 Å². The van der Waals surface area contributed by atoms with E-state index in [1.165, 1.54) is 0 Å². The van der Waals surface area contributed by atoms with Crippen molar-refractivity contribution in [3.05, 3.63) is 16.9 Å². The Hall–Kier alpha value is -0.620. The number of ether oxygens (including phenoxy) is 2. The first-order valence-corrected chi connectivity index (χ1v) is 7.46. The van der Waals surface area contributed by atoms with Crippen molar-refractivity contribution in [2.45, 2.75) is 45.6 Å². The van der Waals surface area contributed by atoms with Gasteiger partial charge in [-0.15, -0.1) is 0 Å². The van der Waals surface area contributed by atoms with Crippen LogP contribution in [0.5, 0.6) is 0 Å². The first-order chi connectivity index (χ1) is 9.47. The van der Waals surface area contributed by atoms with Gasteiger partial charge in [0.2, 0.25) is 0 Å². The molecule has 0 saturated carbocycles. The lowest BCUT2D eigenvalue weighted by Crippen LogP contribution is -2.33. The summed E-state index contributed by atoms with van der Waals surface area (Å²) in [6.07, 6.45) is 1.99. The van der Waals surface area contributed by atoms with Gasteiger partial charge in [0.1, 0.15) is 0 Å². The summed E-state index contributed by atoms with van der Waals surface area (Å²) in [7, 11) is 1.67. The van der Waals surface area contributed by atoms with E-state index in [1.54, 1.807) is 13.3 Å². The van der Waals surface area contributed by atoms with Gasteiger partial charge in [0.05, 0.1) is 48.3 Å². The SMILES string of the molecule is COCCn1ncc(Cl)c1C(N)C1C(C)OC(C)C1C. The van der Waals surface area contributed by atoms with Crippen LogP contribution in [0.3, 0.4) is 0 Å². The maximum atomic E-state index is 6.50. The molecule has 1 aliphatic heterocycles. The molecule has 6 heteroatoms. The number of halogens is 1. The molecule has 0 aliphatic carbocycles. The minimum atomic E-state index is -0.184. The van der Waals surface area contributed by atoms with Crippen molar-refractivity contribution in [1.29, 1.82) is 0 Å². The monoisotopic (exact) mass is 301 g/mol. The molecule has 2 N–H and O–H groups in total. The summed E-state index contributed by atoms with van der Waals surface area (Å²) < 4.78 is 12.8. The van der Waals surface area contributed by atoms with Crippen LogP contribution in [0.25, 0.3) is 0 Å². The number of methoxy groups -OCH3 is 1. The first-order valence-electron chi connectivity index (χ1n) is 7.08. The largest absolute Gasteiger partial charge is 0.383 e. The highest BCUT2D eigenvalue weighted by molar-refractivity contribution is 6.31. The zero-order valence-electron chi connectivity index (χ0n) is 12.5. The molecule has 20 heavy (non-hydrogen) atoms. The van der Waals surface area contributed by atoms with Gasteiger partial charge in [0.15, 0.2) is 0 Å². The lowest BCUT2D eigenvalue weighted by molar-refractivity contribution is 0.0486. The summed E-state index contributed by atoms with van der Waals surface area (Å²) in [6, 6.07) is -0.184. The summed E-state index contributed by atoms with van der Waals surface area (Å²) in [5.74, 6) is 0.627. The van der Waals surface area contributed by atoms with Gasteiger partial charge in [0, 0.05) is 13.0 Å². The molecule has 5 atom stereocenters. The summed E-state index contributed by atoms with van der Waals surface area (Å²) in [6.45, 7) is 7.59. The number of hydrogen-bond acceptors (Lipinski definition) is 4. The molecule has 1 aliphatic rings. The van der Waals surface area contributed by atoms with Gasteiger partial charge in [-0.1, -0.05) is 18.5 Å². The van der Waals surface area contributed by atoms with E-state index in [0.29, 0.717) is 24.1 Å². The zero-order chi connectivity index (χ0) is 14.9. The van der Waals surface area contributed by atoms with Gasteiger partial charge < -0.3 is 15.2 Å². The van der Waals surface area contributed by atoms with Crippen molar-refractivity contribution in [2.24, 2.45) is 17.6 Å². The van der Waals surface area contributed by atoms with Crippen LogP contribution in [0.2, 0.25) is 5.02 Å². The molecule has 0 spiro atoms. The Kier molecular flexibility index (Phi) is 5.07. The minimum Gasteiger partial charge on any atom is -0.383 e. The molecule has 0 radical (unpaired) electrons. The Morgan fingerprint density at radius 2 is 2.15 bits per heavy atom. The highest BCUT2D eigenvalue weighted by Crippen LogP contribution is 2.40. The molecule has 1 aromatic rings. The van der Waals surface area contributed by atoms with Crippen LogP contribution in [-0.2, 0) is 16.0 Å². The normalized spacial score (nSPS) is 31.7. The molecule has 114 valence electrons. The maximum absolute atomic E-state index is 6.50. The number of nitrogens with two attached hydrogens (primary N) is 1.